The van der Waals surface area contributed by atoms with E-state index in [9.17, 15) is 8.42 Å². The molecule has 0 radical (unpaired) electrons. The second-order valence-corrected chi connectivity index (χ2v) is 6.74. The number of aryl methyl sites for hydroxylation is 2. The highest BCUT2D eigenvalue weighted by Crippen LogP contribution is 2.22. The number of methoxy groups -OCH3 is 1. The van der Waals surface area contributed by atoms with Gasteiger partial charge in [0.25, 0.3) is 0 Å². The minimum atomic E-state index is -3.72. The van der Waals surface area contributed by atoms with Gasteiger partial charge in [0.05, 0.1) is 19.0 Å². The van der Waals surface area contributed by atoms with E-state index in [1.807, 2.05) is 6.92 Å². The van der Waals surface area contributed by atoms with Crippen LogP contribution in [0.25, 0.3) is 0 Å². The molecule has 0 aliphatic carbocycles. The number of nitrogens with zero attached hydrogens (tertiary/aromatic N) is 2. The Hall–Kier alpha value is -1.93. The highest BCUT2D eigenvalue weighted by molar-refractivity contribution is 7.89. The Kier molecular flexibility index (Phi) is 4.82. The normalized spacial score (nSPS) is 13.1. The van der Waals surface area contributed by atoms with Crippen LogP contribution in [0.3, 0.4) is 0 Å². The number of ether oxygens (including phenoxy) is 1. The first-order chi connectivity index (χ1) is 10.3. The van der Waals surface area contributed by atoms with Gasteiger partial charge in [0.15, 0.2) is 0 Å². The molecule has 2 aromatic rings. The van der Waals surface area contributed by atoms with E-state index in [0.717, 1.165) is 11.3 Å². The predicted molar refractivity (Wildman–Crippen MR) is 80.3 cm³/mol. The summed E-state index contributed by atoms with van der Waals surface area (Å²) in [6.45, 7) is 5.42. The van der Waals surface area contributed by atoms with E-state index < -0.39 is 10.0 Å². The summed E-state index contributed by atoms with van der Waals surface area (Å²) in [6, 6.07) is 1.18. The second-order valence-electron chi connectivity index (χ2n) is 5.06. The smallest absolute Gasteiger partial charge is 0.246 e. The maximum atomic E-state index is 12.5. The van der Waals surface area contributed by atoms with E-state index in [-0.39, 0.29) is 16.7 Å². The van der Waals surface area contributed by atoms with Crippen LogP contribution in [0.1, 0.15) is 23.9 Å². The van der Waals surface area contributed by atoms with Crippen molar-refractivity contribution in [3.05, 3.63) is 35.5 Å². The van der Waals surface area contributed by atoms with Crippen molar-refractivity contribution in [2.24, 2.45) is 0 Å². The van der Waals surface area contributed by atoms with Gasteiger partial charge < -0.3 is 9.26 Å². The van der Waals surface area contributed by atoms with Gasteiger partial charge >= 0.3 is 0 Å². The lowest BCUT2D eigenvalue weighted by Gasteiger charge is -2.15. The van der Waals surface area contributed by atoms with Gasteiger partial charge in [-0.1, -0.05) is 5.16 Å². The van der Waals surface area contributed by atoms with E-state index in [1.165, 1.54) is 25.6 Å². The molecular formula is C14H19N3O4S. The van der Waals surface area contributed by atoms with Gasteiger partial charge in [-0.3, -0.25) is 4.98 Å². The van der Waals surface area contributed by atoms with Crippen LogP contribution >= 0.6 is 0 Å². The highest BCUT2D eigenvalue weighted by atomic mass is 32.2. The number of nitrogens with one attached hydrogen (secondary N) is 1. The molecule has 0 spiro atoms. The van der Waals surface area contributed by atoms with E-state index >= 15 is 0 Å². The van der Waals surface area contributed by atoms with Crippen LogP contribution in [0, 0.1) is 13.8 Å². The van der Waals surface area contributed by atoms with Crippen LogP contribution in [0.5, 0.6) is 5.75 Å². The fourth-order valence-electron chi connectivity index (χ4n) is 2.21. The van der Waals surface area contributed by atoms with Crippen molar-refractivity contribution in [2.45, 2.75) is 38.1 Å². The molecule has 0 saturated heterocycles. The third-order valence-corrected chi connectivity index (χ3v) is 4.90. The third-order valence-electron chi connectivity index (χ3n) is 3.30. The van der Waals surface area contributed by atoms with Crippen molar-refractivity contribution < 1.29 is 17.7 Å². The summed E-state index contributed by atoms with van der Waals surface area (Å²) in [5, 5.41) is 3.87. The minimum Gasteiger partial charge on any atom is -0.495 e. The zero-order chi connectivity index (χ0) is 16.3. The van der Waals surface area contributed by atoms with Gasteiger partial charge in [0.2, 0.25) is 10.0 Å². The molecule has 0 bridgehead atoms. The fourth-order valence-corrected chi connectivity index (χ4v) is 3.56. The van der Waals surface area contributed by atoms with Gasteiger partial charge in [-0.15, -0.1) is 0 Å². The molecule has 2 rings (SSSR count). The maximum absolute atomic E-state index is 12.5. The molecule has 2 heterocycles. The lowest BCUT2D eigenvalue weighted by Crippen LogP contribution is -2.34. The van der Waals surface area contributed by atoms with Crippen LogP contribution in [0.4, 0.5) is 0 Å². The first-order valence-corrected chi connectivity index (χ1v) is 8.25. The van der Waals surface area contributed by atoms with Gasteiger partial charge in [-0.05, 0) is 33.3 Å². The van der Waals surface area contributed by atoms with E-state index in [1.54, 1.807) is 13.8 Å². The molecule has 0 amide bonds. The minimum absolute atomic E-state index is 0.0168. The number of rotatable bonds is 6. The van der Waals surface area contributed by atoms with Gasteiger partial charge in [0.1, 0.15) is 16.4 Å². The summed E-state index contributed by atoms with van der Waals surface area (Å²) in [5.41, 5.74) is 1.68. The maximum Gasteiger partial charge on any atom is 0.246 e. The third kappa shape index (κ3) is 3.45. The lowest BCUT2D eigenvalue weighted by atomic mass is 10.1. The molecule has 0 fully saturated rings. The number of hydrogen-bond donors (Lipinski definition) is 1. The van der Waals surface area contributed by atoms with Crippen molar-refractivity contribution in [1.29, 1.82) is 0 Å². The Balaban J connectivity index is 2.18. The van der Waals surface area contributed by atoms with Crippen LogP contribution < -0.4 is 9.46 Å². The van der Waals surface area contributed by atoms with Gasteiger partial charge in [-0.2, -0.15) is 0 Å². The second kappa shape index (κ2) is 6.45. The topological polar surface area (TPSA) is 94.3 Å². The Bertz CT molecular complexity index is 736. The monoisotopic (exact) mass is 325 g/mol. The van der Waals surface area contributed by atoms with E-state index in [4.69, 9.17) is 9.26 Å². The average molecular weight is 325 g/mol. The molecule has 22 heavy (non-hydrogen) atoms. The summed E-state index contributed by atoms with van der Waals surface area (Å²) in [7, 11) is -2.30. The summed E-state index contributed by atoms with van der Waals surface area (Å²) in [4.78, 5) is 3.86. The SMILES string of the molecule is COc1ccncc1S(=O)(=O)N[C@@H](C)Cc1c(C)noc1C. The molecule has 120 valence electrons. The highest BCUT2D eigenvalue weighted by Gasteiger charge is 2.23. The van der Waals surface area contributed by atoms with E-state index in [2.05, 4.69) is 14.9 Å². The molecule has 1 atom stereocenters. The largest absolute Gasteiger partial charge is 0.495 e. The van der Waals surface area contributed by atoms with Crippen molar-refractivity contribution in [2.75, 3.05) is 7.11 Å². The average Bonchev–Trinajstić information content (AvgIpc) is 2.78. The molecule has 7 nitrogen and oxygen atoms in total. The summed E-state index contributed by atoms with van der Waals surface area (Å²) in [6.07, 6.45) is 3.23. The number of hydrogen-bond acceptors (Lipinski definition) is 6. The van der Waals surface area contributed by atoms with Crippen molar-refractivity contribution in [3.63, 3.8) is 0 Å². The van der Waals surface area contributed by atoms with Crippen LogP contribution in [0.15, 0.2) is 27.9 Å². The standard InChI is InChI=1S/C14H19N3O4S/c1-9(7-12-10(2)16-21-11(12)3)17-22(18,19)14-8-15-6-5-13(14)20-4/h5-6,8-9,17H,7H2,1-4H3/t9-/m0/s1. The number of aromatic nitrogens is 2. The number of pyridine rings is 1. The van der Waals surface area contributed by atoms with Crippen LogP contribution in [-0.4, -0.2) is 31.7 Å². The molecule has 0 unspecified atom stereocenters. The molecular weight excluding hydrogens is 306 g/mol. The van der Waals surface area contributed by atoms with Crippen molar-refractivity contribution in [3.8, 4) is 5.75 Å². The van der Waals surface area contributed by atoms with Crippen LogP contribution in [0.2, 0.25) is 0 Å². The Morgan fingerprint density at radius 2 is 2.14 bits per heavy atom. The van der Waals surface area contributed by atoms with E-state index in [0.29, 0.717) is 12.2 Å². The Morgan fingerprint density at radius 1 is 1.41 bits per heavy atom. The fraction of sp³-hybridized carbons (Fsp3) is 0.429. The predicted octanol–water partition coefficient (Wildman–Crippen LogP) is 1.60. The van der Waals surface area contributed by atoms with Crippen LogP contribution in [-0.2, 0) is 16.4 Å². The van der Waals surface area contributed by atoms with Gasteiger partial charge in [-0.25, -0.2) is 13.1 Å². The van der Waals surface area contributed by atoms with Gasteiger partial charge in [0, 0.05) is 17.8 Å². The molecule has 1 N–H and O–H groups in total. The summed E-state index contributed by atoms with van der Waals surface area (Å²) in [5.74, 6) is 0.953. The quantitative estimate of drug-likeness (QED) is 0.867. The Morgan fingerprint density at radius 3 is 2.73 bits per heavy atom. The Labute approximate surface area is 129 Å². The molecule has 0 aliphatic heterocycles. The van der Waals surface area contributed by atoms with Crippen molar-refractivity contribution in [1.82, 2.24) is 14.9 Å². The summed E-state index contributed by atoms with van der Waals surface area (Å²) >= 11 is 0. The first kappa shape index (κ1) is 16.4. The zero-order valence-electron chi connectivity index (χ0n) is 13.0. The molecule has 0 saturated carbocycles. The zero-order valence-corrected chi connectivity index (χ0v) is 13.8. The molecule has 0 aliphatic rings. The lowest BCUT2D eigenvalue weighted by molar-refractivity contribution is 0.391. The molecule has 8 heteroatoms. The molecule has 0 aromatic carbocycles. The summed E-state index contributed by atoms with van der Waals surface area (Å²) < 4.78 is 37.7. The number of sulfonamides is 1. The first-order valence-electron chi connectivity index (χ1n) is 6.77. The molecule has 2 aromatic heterocycles. The van der Waals surface area contributed by atoms with Crippen molar-refractivity contribution >= 4 is 10.0 Å².